The van der Waals surface area contributed by atoms with Crippen LogP contribution in [-0.2, 0) is 13.1 Å². The first-order chi connectivity index (χ1) is 9.78. The van der Waals surface area contributed by atoms with Crippen LogP contribution in [0, 0.1) is 0 Å². The highest BCUT2D eigenvalue weighted by Crippen LogP contribution is 2.29. The SMILES string of the molecule is CCn1ccc(CNc2cccc3c(O)cccc23)c1. The van der Waals surface area contributed by atoms with E-state index in [4.69, 9.17) is 0 Å². The topological polar surface area (TPSA) is 37.2 Å². The Labute approximate surface area is 118 Å². The highest BCUT2D eigenvalue weighted by molar-refractivity contribution is 5.97. The number of aromatic nitrogens is 1. The number of nitrogens with zero attached hydrogens (tertiary/aromatic N) is 1. The number of rotatable bonds is 4. The standard InChI is InChI=1S/C17H18N2O/c1-2-19-10-9-13(12-19)11-18-16-7-3-6-15-14(16)5-4-8-17(15)20/h3-10,12,18,20H,2,11H2,1H3. The second-order valence-electron chi connectivity index (χ2n) is 4.88. The second kappa shape index (κ2) is 5.29. The van der Waals surface area contributed by atoms with Crippen LogP contribution in [0.1, 0.15) is 12.5 Å². The third-order valence-corrected chi connectivity index (χ3v) is 3.56. The van der Waals surface area contributed by atoms with E-state index in [9.17, 15) is 5.11 Å². The van der Waals surface area contributed by atoms with Crippen molar-refractivity contribution in [2.24, 2.45) is 0 Å². The normalized spacial score (nSPS) is 10.8. The zero-order valence-electron chi connectivity index (χ0n) is 11.5. The van der Waals surface area contributed by atoms with E-state index >= 15 is 0 Å². The molecule has 0 saturated carbocycles. The molecule has 3 nitrogen and oxygen atoms in total. The molecule has 2 N–H and O–H groups in total. The van der Waals surface area contributed by atoms with Crippen LogP contribution in [0.2, 0.25) is 0 Å². The van der Waals surface area contributed by atoms with Crippen LogP contribution in [-0.4, -0.2) is 9.67 Å². The number of nitrogens with one attached hydrogen (secondary N) is 1. The first kappa shape index (κ1) is 12.6. The zero-order valence-corrected chi connectivity index (χ0v) is 11.5. The fourth-order valence-electron chi connectivity index (χ4n) is 2.44. The molecule has 0 radical (unpaired) electrons. The smallest absolute Gasteiger partial charge is 0.123 e. The molecule has 20 heavy (non-hydrogen) atoms. The van der Waals surface area contributed by atoms with Gasteiger partial charge in [0.15, 0.2) is 0 Å². The molecule has 0 saturated heterocycles. The molecule has 2 aromatic carbocycles. The summed E-state index contributed by atoms with van der Waals surface area (Å²) in [7, 11) is 0. The summed E-state index contributed by atoms with van der Waals surface area (Å²) >= 11 is 0. The largest absolute Gasteiger partial charge is 0.507 e. The van der Waals surface area contributed by atoms with Crippen molar-refractivity contribution in [3.63, 3.8) is 0 Å². The molecule has 0 bridgehead atoms. The summed E-state index contributed by atoms with van der Waals surface area (Å²) in [5, 5.41) is 15.3. The van der Waals surface area contributed by atoms with E-state index in [0.29, 0.717) is 5.75 Å². The van der Waals surface area contributed by atoms with Crippen molar-refractivity contribution < 1.29 is 5.11 Å². The number of hydrogen-bond acceptors (Lipinski definition) is 2. The number of fused-ring (bicyclic) bond motifs is 1. The Kier molecular flexibility index (Phi) is 3.33. The van der Waals surface area contributed by atoms with E-state index in [0.717, 1.165) is 29.5 Å². The third kappa shape index (κ3) is 2.35. The van der Waals surface area contributed by atoms with Gasteiger partial charge in [-0.05, 0) is 30.7 Å². The summed E-state index contributed by atoms with van der Waals surface area (Å²) in [6, 6.07) is 13.7. The Hall–Kier alpha value is -2.42. The monoisotopic (exact) mass is 266 g/mol. The Morgan fingerprint density at radius 1 is 1.05 bits per heavy atom. The van der Waals surface area contributed by atoms with E-state index in [-0.39, 0.29) is 0 Å². The minimum Gasteiger partial charge on any atom is -0.507 e. The summed E-state index contributed by atoms with van der Waals surface area (Å²) in [5.41, 5.74) is 2.30. The molecular weight excluding hydrogens is 248 g/mol. The lowest BCUT2D eigenvalue weighted by Crippen LogP contribution is -1.99. The maximum Gasteiger partial charge on any atom is 0.123 e. The summed E-state index contributed by atoms with van der Waals surface area (Å²) in [6.45, 7) is 3.90. The van der Waals surface area contributed by atoms with Crippen LogP contribution in [0.5, 0.6) is 5.75 Å². The van der Waals surface area contributed by atoms with Gasteiger partial charge < -0.3 is 15.0 Å². The zero-order chi connectivity index (χ0) is 13.9. The molecule has 0 amide bonds. The number of benzene rings is 2. The van der Waals surface area contributed by atoms with Gasteiger partial charge in [-0.25, -0.2) is 0 Å². The van der Waals surface area contributed by atoms with Crippen LogP contribution >= 0.6 is 0 Å². The Morgan fingerprint density at radius 3 is 2.65 bits per heavy atom. The number of phenolic OH excluding ortho intramolecular Hbond substituents is 1. The molecule has 0 fully saturated rings. The van der Waals surface area contributed by atoms with Crippen LogP contribution in [0.25, 0.3) is 10.8 Å². The van der Waals surface area contributed by atoms with Crippen molar-refractivity contribution >= 4 is 16.5 Å². The van der Waals surface area contributed by atoms with Crippen LogP contribution < -0.4 is 5.32 Å². The first-order valence-electron chi connectivity index (χ1n) is 6.87. The molecule has 0 aliphatic rings. The first-order valence-corrected chi connectivity index (χ1v) is 6.87. The van der Waals surface area contributed by atoms with Gasteiger partial charge >= 0.3 is 0 Å². The quantitative estimate of drug-likeness (QED) is 0.749. The number of phenols is 1. The predicted molar refractivity (Wildman–Crippen MR) is 83.0 cm³/mol. The third-order valence-electron chi connectivity index (χ3n) is 3.56. The van der Waals surface area contributed by atoms with Gasteiger partial charge in [0.2, 0.25) is 0 Å². The number of hydrogen-bond donors (Lipinski definition) is 2. The second-order valence-corrected chi connectivity index (χ2v) is 4.88. The highest BCUT2D eigenvalue weighted by atomic mass is 16.3. The van der Waals surface area contributed by atoms with Crippen molar-refractivity contribution in [1.29, 1.82) is 0 Å². The van der Waals surface area contributed by atoms with Crippen LogP contribution in [0.15, 0.2) is 54.9 Å². The Bertz CT molecular complexity index is 731. The lowest BCUT2D eigenvalue weighted by Gasteiger charge is -2.10. The summed E-state index contributed by atoms with van der Waals surface area (Å²) in [5.74, 6) is 0.322. The van der Waals surface area contributed by atoms with Gasteiger partial charge in [-0.1, -0.05) is 24.3 Å². The van der Waals surface area contributed by atoms with Gasteiger partial charge in [0.1, 0.15) is 5.75 Å². The van der Waals surface area contributed by atoms with Gasteiger partial charge in [0.25, 0.3) is 0 Å². The van der Waals surface area contributed by atoms with Gasteiger partial charge in [-0.2, -0.15) is 0 Å². The number of anilines is 1. The van der Waals surface area contributed by atoms with Gasteiger partial charge in [0.05, 0.1) is 0 Å². The molecule has 3 heteroatoms. The predicted octanol–water partition coefficient (Wildman–Crippen LogP) is 3.98. The Morgan fingerprint density at radius 2 is 1.85 bits per heavy atom. The minimum absolute atomic E-state index is 0.322. The van der Waals surface area contributed by atoms with Gasteiger partial charge in [-0.15, -0.1) is 0 Å². The maximum atomic E-state index is 9.89. The van der Waals surface area contributed by atoms with E-state index in [2.05, 4.69) is 35.3 Å². The van der Waals surface area contributed by atoms with Crippen molar-refractivity contribution in [2.75, 3.05) is 5.32 Å². The van der Waals surface area contributed by atoms with Gasteiger partial charge in [0, 0.05) is 41.9 Å². The number of aryl methyl sites for hydroxylation is 1. The molecule has 0 unspecified atom stereocenters. The van der Waals surface area contributed by atoms with Crippen LogP contribution in [0.4, 0.5) is 5.69 Å². The molecule has 1 aromatic heterocycles. The lowest BCUT2D eigenvalue weighted by molar-refractivity contribution is 0.481. The highest BCUT2D eigenvalue weighted by Gasteiger charge is 2.04. The van der Waals surface area contributed by atoms with Crippen molar-refractivity contribution in [3.05, 3.63) is 60.4 Å². The van der Waals surface area contributed by atoms with Crippen molar-refractivity contribution in [2.45, 2.75) is 20.0 Å². The molecule has 102 valence electrons. The lowest BCUT2D eigenvalue weighted by atomic mass is 10.1. The fraction of sp³-hybridized carbons (Fsp3) is 0.176. The summed E-state index contributed by atoms with van der Waals surface area (Å²) < 4.78 is 2.16. The summed E-state index contributed by atoms with van der Waals surface area (Å²) in [6.07, 6.45) is 4.24. The molecular formula is C17H18N2O. The molecule has 0 atom stereocenters. The average Bonchev–Trinajstić information content (AvgIpc) is 2.94. The van der Waals surface area contributed by atoms with E-state index in [1.165, 1.54) is 5.56 Å². The van der Waals surface area contributed by atoms with E-state index in [1.807, 2.05) is 30.3 Å². The molecule has 0 spiro atoms. The van der Waals surface area contributed by atoms with Crippen molar-refractivity contribution in [3.8, 4) is 5.75 Å². The number of aromatic hydroxyl groups is 1. The average molecular weight is 266 g/mol. The molecule has 0 aliphatic carbocycles. The maximum absolute atomic E-state index is 9.89. The minimum atomic E-state index is 0.322. The van der Waals surface area contributed by atoms with E-state index < -0.39 is 0 Å². The van der Waals surface area contributed by atoms with E-state index in [1.54, 1.807) is 6.07 Å². The molecule has 3 aromatic rings. The molecule has 1 heterocycles. The fourth-order valence-corrected chi connectivity index (χ4v) is 2.44. The van der Waals surface area contributed by atoms with Gasteiger partial charge in [-0.3, -0.25) is 0 Å². The van der Waals surface area contributed by atoms with Crippen molar-refractivity contribution in [1.82, 2.24) is 4.57 Å². The summed E-state index contributed by atoms with van der Waals surface area (Å²) in [4.78, 5) is 0. The Balaban J connectivity index is 1.85. The van der Waals surface area contributed by atoms with Crippen LogP contribution in [0.3, 0.4) is 0 Å². The molecule has 3 rings (SSSR count). The molecule has 0 aliphatic heterocycles.